The third kappa shape index (κ3) is 5.14. The van der Waals surface area contributed by atoms with E-state index < -0.39 is 0 Å². The Morgan fingerprint density at radius 1 is 0.284 bits per heavy atom. The second-order valence-electron chi connectivity index (χ2n) is 17.6. The van der Waals surface area contributed by atoms with E-state index in [1.165, 1.54) is 38.0 Å². The number of nitrogens with zero attached hydrogens (tertiary/aromatic N) is 3. The fourth-order valence-corrected chi connectivity index (χ4v) is 11.2. The maximum atomic E-state index is 6.95. The van der Waals surface area contributed by atoms with E-state index in [4.69, 9.17) is 8.83 Å². The molecule has 0 atom stereocenters. The molecule has 0 saturated carbocycles. The van der Waals surface area contributed by atoms with Crippen molar-refractivity contribution in [2.24, 2.45) is 0 Å². The molecule has 15 rings (SSSR count). The van der Waals surface area contributed by atoms with Gasteiger partial charge in [0.1, 0.15) is 28.0 Å². The van der Waals surface area contributed by atoms with Gasteiger partial charge in [0.15, 0.2) is 0 Å². The molecule has 15 aromatic rings. The Balaban J connectivity index is 0.914. The molecule has 5 aromatic heterocycles. The number of hydrogen-bond acceptors (Lipinski definition) is 2. The highest BCUT2D eigenvalue weighted by Gasteiger charge is 2.25. The minimum absolute atomic E-state index is 0.864. The quantitative estimate of drug-likeness (QED) is 0.173. The highest BCUT2D eigenvalue weighted by molar-refractivity contribution is 6.25. The van der Waals surface area contributed by atoms with E-state index in [0.717, 1.165) is 99.9 Å². The number of hydrogen-bond donors (Lipinski definition) is 0. The number of benzene rings is 10. The molecule has 0 aliphatic rings. The lowest BCUT2D eigenvalue weighted by molar-refractivity contribution is 0.669. The summed E-state index contributed by atoms with van der Waals surface area (Å²) in [5.41, 5.74) is 17.1. The van der Waals surface area contributed by atoms with Crippen LogP contribution in [-0.2, 0) is 0 Å². The Morgan fingerprint density at radius 3 is 1.64 bits per heavy atom. The number of fused-ring (bicyclic) bond motifs is 14. The highest BCUT2D eigenvalue weighted by atomic mass is 16.3. The molecule has 0 fully saturated rings. The van der Waals surface area contributed by atoms with Crippen LogP contribution in [0.5, 0.6) is 0 Å². The largest absolute Gasteiger partial charge is 0.456 e. The Hall–Kier alpha value is -9.06. The van der Waals surface area contributed by atoms with Crippen molar-refractivity contribution in [3.8, 4) is 39.3 Å². The van der Waals surface area contributed by atoms with Crippen molar-refractivity contribution in [2.45, 2.75) is 0 Å². The molecule has 0 spiro atoms. The van der Waals surface area contributed by atoms with Gasteiger partial charge in [0.2, 0.25) is 0 Å². The fourth-order valence-electron chi connectivity index (χ4n) is 11.2. The van der Waals surface area contributed by atoms with E-state index in [1.54, 1.807) is 0 Å². The van der Waals surface area contributed by atoms with Gasteiger partial charge >= 0.3 is 0 Å². The van der Waals surface area contributed by atoms with E-state index in [1.807, 2.05) is 12.1 Å². The van der Waals surface area contributed by atoms with Crippen molar-refractivity contribution in [1.82, 2.24) is 13.7 Å². The van der Waals surface area contributed by atoms with Gasteiger partial charge in [-0.15, -0.1) is 0 Å². The maximum Gasteiger partial charge on any atom is 0.143 e. The lowest BCUT2D eigenvalue weighted by Gasteiger charge is -2.15. The lowest BCUT2D eigenvalue weighted by Crippen LogP contribution is -2.02. The molecule has 312 valence electrons. The zero-order chi connectivity index (χ0) is 43.7. The van der Waals surface area contributed by atoms with E-state index in [2.05, 4.69) is 226 Å². The van der Waals surface area contributed by atoms with Gasteiger partial charge in [-0.05, 0) is 96.1 Å². The van der Waals surface area contributed by atoms with E-state index >= 15 is 0 Å². The third-order valence-corrected chi connectivity index (χ3v) is 14.0. The summed E-state index contributed by atoms with van der Waals surface area (Å²) < 4.78 is 20.4. The molecule has 0 aliphatic heterocycles. The molecule has 0 bridgehead atoms. The Labute approximate surface area is 383 Å². The predicted octanol–water partition coefficient (Wildman–Crippen LogP) is 17.0. The number of rotatable bonds is 5. The SMILES string of the molecule is c1ccc(-n2c3ccccc3c3c4cccc(-c5cccc6c5oc5ccc(-c7ccc8c(c7)c7ccccc7n8-c7ccc8oc9ccccc9c8c7)cc56)c4n(-c4ccccc4)c32)cc1. The minimum Gasteiger partial charge on any atom is -0.456 e. The second kappa shape index (κ2) is 13.7. The van der Waals surface area contributed by atoms with Crippen molar-refractivity contribution in [3.63, 3.8) is 0 Å². The first-order chi connectivity index (χ1) is 33.2. The average molecular weight is 856 g/mol. The van der Waals surface area contributed by atoms with Crippen LogP contribution in [0.4, 0.5) is 0 Å². The molecule has 0 N–H and O–H groups in total. The smallest absolute Gasteiger partial charge is 0.143 e. The Kier molecular flexibility index (Phi) is 7.44. The molecule has 0 radical (unpaired) electrons. The van der Waals surface area contributed by atoms with Gasteiger partial charge in [-0.2, -0.15) is 0 Å². The van der Waals surface area contributed by atoms with Crippen molar-refractivity contribution in [3.05, 3.63) is 224 Å². The molecular formula is C62H37N3O2. The summed E-state index contributed by atoms with van der Waals surface area (Å²) in [6.45, 7) is 0. The number of aromatic nitrogens is 3. The molecule has 5 nitrogen and oxygen atoms in total. The number of furan rings is 2. The van der Waals surface area contributed by atoms with Gasteiger partial charge in [-0.3, -0.25) is 9.13 Å². The van der Waals surface area contributed by atoms with Gasteiger partial charge < -0.3 is 13.4 Å². The molecule has 0 aliphatic carbocycles. The number of para-hydroxylation sites is 7. The molecule has 0 saturated heterocycles. The van der Waals surface area contributed by atoms with Crippen LogP contribution in [-0.4, -0.2) is 13.7 Å². The molecule has 0 unspecified atom stereocenters. The lowest BCUT2D eigenvalue weighted by atomic mass is 9.98. The summed E-state index contributed by atoms with van der Waals surface area (Å²) in [7, 11) is 0. The fraction of sp³-hybridized carbons (Fsp3) is 0. The van der Waals surface area contributed by atoms with Gasteiger partial charge in [0.05, 0.1) is 22.1 Å². The van der Waals surface area contributed by atoms with E-state index in [-0.39, 0.29) is 0 Å². The van der Waals surface area contributed by atoms with Crippen LogP contribution in [0.2, 0.25) is 0 Å². The molecule has 5 heterocycles. The zero-order valence-electron chi connectivity index (χ0n) is 36.0. The van der Waals surface area contributed by atoms with Gasteiger partial charge in [-0.1, -0.05) is 140 Å². The Morgan fingerprint density at radius 2 is 0.836 bits per heavy atom. The second-order valence-corrected chi connectivity index (χ2v) is 17.6. The average Bonchev–Trinajstić information content (AvgIpc) is 4.20. The maximum absolute atomic E-state index is 6.95. The first-order valence-corrected chi connectivity index (χ1v) is 22.8. The van der Waals surface area contributed by atoms with Crippen LogP contribution in [0.1, 0.15) is 0 Å². The predicted molar refractivity (Wildman–Crippen MR) is 277 cm³/mol. The van der Waals surface area contributed by atoms with E-state index in [0.29, 0.717) is 0 Å². The van der Waals surface area contributed by atoms with Crippen LogP contribution < -0.4 is 0 Å². The van der Waals surface area contributed by atoms with Gasteiger partial charge in [0.25, 0.3) is 0 Å². The Bertz CT molecular complexity index is 4500. The standard InChI is InChI=1S/C62H37N3O2/c1-3-15-40(16-4-1)64-54-27-11-8-21-48(54)59-49-25-13-22-45(60(49)65(62(59)64)41-17-5-2-6-18-41)46-23-14-24-47-51-36-39(30-33-58(51)67-61(46)47)38-29-32-55-50(35-38)43-19-7-10-26-53(43)63(55)42-31-34-57-52(37-42)44-20-9-12-28-56(44)66-57/h1-37H. The highest BCUT2D eigenvalue weighted by Crippen LogP contribution is 2.46. The first-order valence-electron chi connectivity index (χ1n) is 22.8. The molecule has 5 heteroatoms. The van der Waals surface area contributed by atoms with Crippen molar-refractivity contribution >= 4 is 98.5 Å². The minimum atomic E-state index is 0.864. The van der Waals surface area contributed by atoms with Crippen LogP contribution >= 0.6 is 0 Å². The van der Waals surface area contributed by atoms with Gasteiger partial charge in [0, 0.05) is 76.7 Å². The molecule has 10 aromatic carbocycles. The zero-order valence-corrected chi connectivity index (χ0v) is 36.0. The molecular weight excluding hydrogens is 819 g/mol. The van der Waals surface area contributed by atoms with Crippen LogP contribution in [0, 0.1) is 0 Å². The third-order valence-electron chi connectivity index (χ3n) is 14.0. The van der Waals surface area contributed by atoms with Gasteiger partial charge in [-0.25, -0.2) is 0 Å². The first kappa shape index (κ1) is 36.3. The summed E-state index contributed by atoms with van der Waals surface area (Å²) in [4.78, 5) is 0. The van der Waals surface area contributed by atoms with Crippen LogP contribution in [0.15, 0.2) is 233 Å². The summed E-state index contributed by atoms with van der Waals surface area (Å²) in [5.74, 6) is 0. The summed E-state index contributed by atoms with van der Waals surface area (Å²) in [5, 5.41) is 10.5. The summed E-state index contributed by atoms with van der Waals surface area (Å²) >= 11 is 0. The van der Waals surface area contributed by atoms with Crippen molar-refractivity contribution in [2.75, 3.05) is 0 Å². The van der Waals surface area contributed by atoms with Crippen molar-refractivity contribution < 1.29 is 8.83 Å². The van der Waals surface area contributed by atoms with E-state index in [9.17, 15) is 0 Å². The monoisotopic (exact) mass is 855 g/mol. The van der Waals surface area contributed by atoms with Crippen LogP contribution in [0.3, 0.4) is 0 Å². The summed E-state index contributed by atoms with van der Waals surface area (Å²) in [6.07, 6.45) is 0. The molecule has 0 amide bonds. The summed E-state index contributed by atoms with van der Waals surface area (Å²) in [6, 6.07) is 80.6. The van der Waals surface area contributed by atoms with Crippen molar-refractivity contribution in [1.29, 1.82) is 0 Å². The van der Waals surface area contributed by atoms with Crippen LogP contribution in [0.25, 0.3) is 138 Å². The molecule has 67 heavy (non-hydrogen) atoms. The topological polar surface area (TPSA) is 41.1 Å². The normalized spacial score (nSPS) is 12.2.